The second-order valence-electron chi connectivity index (χ2n) is 4.61. The number of hydrogen-bond donors (Lipinski definition) is 0. The molecule has 0 radical (unpaired) electrons. The van der Waals surface area contributed by atoms with Crippen LogP contribution in [-0.4, -0.2) is 23.0 Å². The summed E-state index contributed by atoms with van der Waals surface area (Å²) in [5, 5.41) is 0. The van der Waals surface area contributed by atoms with Crippen molar-refractivity contribution in [1.82, 2.24) is 4.90 Å². The minimum Gasteiger partial charge on any atom is -0.366 e. The Kier molecular flexibility index (Phi) is 6.99. The van der Waals surface area contributed by atoms with Crippen LogP contribution in [0.1, 0.15) is 64.7 Å². The summed E-state index contributed by atoms with van der Waals surface area (Å²) in [7, 11) is 0. The van der Waals surface area contributed by atoms with Crippen molar-refractivity contribution in [1.29, 1.82) is 0 Å². The molecular formula is C13H25NS. The van der Waals surface area contributed by atoms with Crippen molar-refractivity contribution < 1.29 is 0 Å². The molecule has 0 spiro atoms. The molecule has 88 valence electrons. The molecule has 2 heteroatoms. The van der Waals surface area contributed by atoms with Crippen molar-refractivity contribution in [3.05, 3.63) is 0 Å². The highest BCUT2D eigenvalue weighted by molar-refractivity contribution is 7.80. The van der Waals surface area contributed by atoms with E-state index in [0.717, 1.165) is 6.42 Å². The number of nitrogens with zero attached hydrogens (tertiary/aromatic N) is 1. The lowest BCUT2D eigenvalue weighted by molar-refractivity contribution is 0.341. The number of rotatable bonds is 6. The van der Waals surface area contributed by atoms with Gasteiger partial charge in [-0.15, -0.1) is 0 Å². The topological polar surface area (TPSA) is 3.24 Å². The Morgan fingerprint density at radius 2 is 1.67 bits per heavy atom. The van der Waals surface area contributed by atoms with Gasteiger partial charge in [0, 0.05) is 13.1 Å². The lowest BCUT2D eigenvalue weighted by atomic mass is 10.1. The largest absolute Gasteiger partial charge is 0.366 e. The molecule has 1 aliphatic heterocycles. The molecule has 1 heterocycles. The number of hydrogen-bond acceptors (Lipinski definition) is 1. The molecule has 0 atom stereocenters. The van der Waals surface area contributed by atoms with Crippen LogP contribution in [0.15, 0.2) is 0 Å². The SMILES string of the molecule is CCCCCCCC(=S)N1CCCCC1. The Hall–Kier alpha value is -0.110. The van der Waals surface area contributed by atoms with Gasteiger partial charge in [0.2, 0.25) is 0 Å². The fraction of sp³-hybridized carbons (Fsp3) is 0.923. The van der Waals surface area contributed by atoms with Crippen LogP contribution in [0.4, 0.5) is 0 Å². The van der Waals surface area contributed by atoms with E-state index in [1.807, 2.05) is 0 Å². The maximum Gasteiger partial charge on any atom is 0.0779 e. The van der Waals surface area contributed by atoms with Gasteiger partial charge in [0.25, 0.3) is 0 Å². The normalized spacial score (nSPS) is 16.7. The minimum absolute atomic E-state index is 1.15. The van der Waals surface area contributed by atoms with Crippen LogP contribution in [0.25, 0.3) is 0 Å². The second-order valence-corrected chi connectivity index (χ2v) is 5.08. The van der Waals surface area contributed by atoms with E-state index in [2.05, 4.69) is 11.8 Å². The Labute approximate surface area is 100 Å². The third-order valence-electron chi connectivity index (χ3n) is 3.20. The monoisotopic (exact) mass is 227 g/mol. The molecule has 0 N–H and O–H groups in total. The highest BCUT2D eigenvalue weighted by Gasteiger charge is 2.12. The molecule has 0 aromatic rings. The van der Waals surface area contributed by atoms with Gasteiger partial charge in [0.1, 0.15) is 0 Å². The Morgan fingerprint density at radius 3 is 2.33 bits per heavy atom. The summed E-state index contributed by atoms with van der Waals surface area (Å²) >= 11 is 5.48. The molecule has 1 fully saturated rings. The summed E-state index contributed by atoms with van der Waals surface area (Å²) in [5.41, 5.74) is 0. The van der Waals surface area contributed by atoms with E-state index in [0.29, 0.717) is 0 Å². The number of piperidine rings is 1. The fourth-order valence-electron chi connectivity index (χ4n) is 2.18. The van der Waals surface area contributed by atoms with Gasteiger partial charge in [-0.25, -0.2) is 0 Å². The molecule has 0 unspecified atom stereocenters. The first-order valence-electron chi connectivity index (χ1n) is 6.62. The van der Waals surface area contributed by atoms with Gasteiger partial charge < -0.3 is 4.90 Å². The molecule has 15 heavy (non-hydrogen) atoms. The molecule has 0 aliphatic carbocycles. The number of unbranched alkanes of at least 4 members (excludes halogenated alkanes) is 4. The molecule has 0 aromatic heterocycles. The average Bonchev–Trinajstić information content (AvgIpc) is 2.30. The van der Waals surface area contributed by atoms with Crippen molar-refractivity contribution >= 4 is 17.2 Å². The first-order chi connectivity index (χ1) is 7.34. The van der Waals surface area contributed by atoms with Crippen LogP contribution < -0.4 is 0 Å². The maximum absolute atomic E-state index is 5.48. The summed E-state index contributed by atoms with van der Waals surface area (Å²) in [4.78, 5) is 3.66. The highest BCUT2D eigenvalue weighted by atomic mass is 32.1. The first kappa shape index (κ1) is 13.0. The van der Waals surface area contributed by atoms with Crippen molar-refractivity contribution in [3.8, 4) is 0 Å². The molecule has 1 nitrogen and oxygen atoms in total. The van der Waals surface area contributed by atoms with Gasteiger partial charge in [-0.3, -0.25) is 0 Å². The van der Waals surface area contributed by atoms with E-state index in [1.54, 1.807) is 0 Å². The van der Waals surface area contributed by atoms with Crippen molar-refractivity contribution in [2.75, 3.05) is 13.1 Å². The molecule has 0 bridgehead atoms. The van der Waals surface area contributed by atoms with E-state index in [4.69, 9.17) is 12.2 Å². The van der Waals surface area contributed by atoms with Crippen molar-refractivity contribution in [2.24, 2.45) is 0 Å². The molecule has 1 rings (SSSR count). The zero-order chi connectivity index (χ0) is 10.9. The second kappa shape index (κ2) is 8.09. The van der Waals surface area contributed by atoms with Crippen LogP contribution in [0.2, 0.25) is 0 Å². The average molecular weight is 227 g/mol. The van der Waals surface area contributed by atoms with E-state index >= 15 is 0 Å². The fourth-order valence-corrected chi connectivity index (χ4v) is 2.51. The molecule has 1 saturated heterocycles. The van der Waals surface area contributed by atoms with Crippen LogP contribution >= 0.6 is 12.2 Å². The van der Waals surface area contributed by atoms with Gasteiger partial charge in [-0.2, -0.15) is 0 Å². The highest BCUT2D eigenvalue weighted by Crippen LogP contribution is 2.13. The van der Waals surface area contributed by atoms with Crippen LogP contribution in [0, 0.1) is 0 Å². The Balaban J connectivity index is 2.02. The first-order valence-corrected chi connectivity index (χ1v) is 7.03. The maximum atomic E-state index is 5.48. The van der Waals surface area contributed by atoms with Gasteiger partial charge in [0.05, 0.1) is 4.99 Å². The van der Waals surface area contributed by atoms with Gasteiger partial charge in [-0.1, -0.05) is 44.8 Å². The Morgan fingerprint density at radius 1 is 1.00 bits per heavy atom. The smallest absolute Gasteiger partial charge is 0.0779 e. The van der Waals surface area contributed by atoms with E-state index in [-0.39, 0.29) is 0 Å². The zero-order valence-electron chi connectivity index (χ0n) is 10.1. The molecule has 0 saturated carbocycles. The summed E-state index contributed by atoms with van der Waals surface area (Å²) in [5.74, 6) is 0. The summed E-state index contributed by atoms with van der Waals surface area (Å²) in [6, 6.07) is 0. The minimum atomic E-state index is 1.15. The molecule has 1 aliphatic rings. The third kappa shape index (κ3) is 5.50. The van der Waals surface area contributed by atoms with E-state index < -0.39 is 0 Å². The van der Waals surface area contributed by atoms with Crippen molar-refractivity contribution in [2.45, 2.75) is 64.7 Å². The number of thiocarbonyl (C=S) groups is 1. The van der Waals surface area contributed by atoms with Crippen LogP contribution in [-0.2, 0) is 0 Å². The zero-order valence-corrected chi connectivity index (χ0v) is 11.0. The van der Waals surface area contributed by atoms with Crippen molar-refractivity contribution in [3.63, 3.8) is 0 Å². The van der Waals surface area contributed by atoms with Gasteiger partial charge in [-0.05, 0) is 32.1 Å². The molecule has 0 amide bonds. The molecular weight excluding hydrogens is 202 g/mol. The summed E-state index contributed by atoms with van der Waals surface area (Å²) in [6.45, 7) is 4.69. The lowest BCUT2D eigenvalue weighted by Crippen LogP contribution is -2.34. The van der Waals surface area contributed by atoms with E-state index in [1.165, 1.54) is 69.4 Å². The van der Waals surface area contributed by atoms with Gasteiger partial charge in [0.15, 0.2) is 0 Å². The van der Waals surface area contributed by atoms with E-state index in [9.17, 15) is 0 Å². The third-order valence-corrected chi connectivity index (χ3v) is 3.67. The van der Waals surface area contributed by atoms with Crippen LogP contribution in [0.5, 0.6) is 0 Å². The predicted molar refractivity (Wildman–Crippen MR) is 71.4 cm³/mol. The standard InChI is InChI=1S/C13H25NS/c1-2-3-4-5-7-10-13(15)14-11-8-6-9-12-14/h2-12H2,1H3. The van der Waals surface area contributed by atoms with Crippen LogP contribution in [0.3, 0.4) is 0 Å². The summed E-state index contributed by atoms with van der Waals surface area (Å²) < 4.78 is 0. The number of likely N-dealkylation sites (tertiary alicyclic amines) is 1. The predicted octanol–water partition coefficient (Wildman–Crippen LogP) is 4.16. The molecule has 0 aromatic carbocycles. The van der Waals surface area contributed by atoms with Gasteiger partial charge >= 0.3 is 0 Å². The quantitative estimate of drug-likeness (QED) is 0.495. The summed E-state index contributed by atoms with van der Waals surface area (Å²) in [6.07, 6.45) is 12.0. The Bertz CT molecular complexity index is 173. The lowest BCUT2D eigenvalue weighted by Gasteiger charge is -2.29.